The summed E-state index contributed by atoms with van der Waals surface area (Å²) in [5.41, 5.74) is 5.49. The molecule has 2 atom stereocenters. The van der Waals surface area contributed by atoms with E-state index < -0.39 is 29.9 Å². The van der Waals surface area contributed by atoms with Crippen molar-refractivity contribution in [3.8, 4) is 0 Å². The van der Waals surface area contributed by atoms with Crippen LogP contribution >= 0.6 is 0 Å². The molecule has 0 aromatic heterocycles. The Morgan fingerprint density at radius 1 is 1.67 bits per heavy atom. The van der Waals surface area contributed by atoms with Gasteiger partial charge in [-0.15, -0.1) is 0 Å². The quantitative estimate of drug-likeness (QED) is 0.465. The van der Waals surface area contributed by atoms with Crippen LogP contribution in [0.2, 0.25) is 0 Å². The third-order valence-corrected chi connectivity index (χ3v) is 2.09. The number of rotatable bonds is 4. The number of esters is 1. The summed E-state index contributed by atoms with van der Waals surface area (Å²) in [6.45, 7) is 1.89. The lowest BCUT2D eigenvalue weighted by atomic mass is 10.2. The van der Waals surface area contributed by atoms with Gasteiger partial charge in [0.2, 0.25) is 5.91 Å². The molecule has 6 heteroatoms. The van der Waals surface area contributed by atoms with E-state index in [-0.39, 0.29) is 6.42 Å². The number of amides is 2. The average Bonchev–Trinajstić information content (AvgIpc) is 2.45. The fourth-order valence-electron chi connectivity index (χ4n) is 1.28. The molecule has 1 aliphatic heterocycles. The molecule has 2 amide bonds. The first kappa shape index (κ1) is 11.6. The van der Waals surface area contributed by atoms with Crippen molar-refractivity contribution >= 4 is 17.8 Å². The van der Waals surface area contributed by atoms with Gasteiger partial charge < -0.3 is 10.5 Å². The highest BCUT2D eigenvalue weighted by Crippen LogP contribution is 2.08. The number of nitrogens with two attached hydrogens (primary N) is 1. The molecule has 1 rings (SSSR count). The largest absolute Gasteiger partial charge is 0.451 e. The van der Waals surface area contributed by atoms with E-state index in [9.17, 15) is 14.4 Å². The van der Waals surface area contributed by atoms with E-state index >= 15 is 0 Å². The maximum atomic E-state index is 11.3. The molecular formula is C9H14N2O4. The van der Waals surface area contributed by atoms with Crippen molar-refractivity contribution in [2.75, 3.05) is 0 Å². The van der Waals surface area contributed by atoms with Crippen LogP contribution in [0, 0.1) is 0 Å². The van der Waals surface area contributed by atoms with E-state index in [1.165, 1.54) is 0 Å². The summed E-state index contributed by atoms with van der Waals surface area (Å²) in [5, 5.41) is 2.05. The van der Waals surface area contributed by atoms with Crippen LogP contribution in [0.15, 0.2) is 0 Å². The predicted octanol–water partition coefficient (Wildman–Crippen LogP) is -0.928. The summed E-state index contributed by atoms with van der Waals surface area (Å²) < 4.78 is 4.81. The van der Waals surface area contributed by atoms with Gasteiger partial charge in [-0.2, -0.15) is 0 Å². The van der Waals surface area contributed by atoms with Crippen LogP contribution in [0.5, 0.6) is 0 Å². The summed E-state index contributed by atoms with van der Waals surface area (Å²) in [6, 6.07) is -0.724. The second kappa shape index (κ2) is 4.88. The van der Waals surface area contributed by atoms with E-state index in [1.54, 1.807) is 0 Å². The summed E-state index contributed by atoms with van der Waals surface area (Å²) in [4.78, 5) is 33.1. The van der Waals surface area contributed by atoms with Crippen LogP contribution in [0.3, 0.4) is 0 Å². The molecule has 1 aliphatic rings. The van der Waals surface area contributed by atoms with Gasteiger partial charge in [-0.1, -0.05) is 13.3 Å². The second-order valence-corrected chi connectivity index (χ2v) is 3.44. The van der Waals surface area contributed by atoms with Gasteiger partial charge in [0.1, 0.15) is 6.04 Å². The van der Waals surface area contributed by atoms with Crippen LogP contribution in [-0.2, 0) is 19.1 Å². The Bertz CT molecular complexity index is 290. The zero-order valence-corrected chi connectivity index (χ0v) is 8.49. The first-order chi connectivity index (χ1) is 7.04. The van der Waals surface area contributed by atoms with Crippen LogP contribution in [0.25, 0.3) is 0 Å². The number of ether oxygens (including phenoxy) is 1. The highest BCUT2D eigenvalue weighted by molar-refractivity contribution is 6.05. The Morgan fingerprint density at radius 2 is 2.33 bits per heavy atom. The number of hydrogen-bond donors (Lipinski definition) is 2. The Balaban J connectivity index is 2.44. The lowest BCUT2D eigenvalue weighted by Gasteiger charge is -2.12. The highest BCUT2D eigenvalue weighted by atomic mass is 16.6. The molecule has 84 valence electrons. The summed E-state index contributed by atoms with van der Waals surface area (Å²) in [5.74, 6) is -1.63. The zero-order chi connectivity index (χ0) is 11.4. The number of carbonyl (C=O) groups excluding carboxylic acids is 3. The Kier molecular flexibility index (Phi) is 3.79. The van der Waals surface area contributed by atoms with Gasteiger partial charge in [-0.05, 0) is 6.42 Å². The standard InChI is InChI=1S/C9H14N2O4/c1-2-3-5(10)9(14)15-6-4-7(12)11-8(6)13/h5-6H,2-4,10H2,1H3,(H,11,12,13)/t5-,6?/m0/s1. The minimum absolute atomic E-state index is 0.108. The van der Waals surface area contributed by atoms with E-state index in [1.807, 2.05) is 12.2 Å². The molecule has 0 bridgehead atoms. The SMILES string of the molecule is CCC[C@H](N)C(=O)OC1CC(=O)NC1=O. The van der Waals surface area contributed by atoms with Crippen molar-refractivity contribution in [3.05, 3.63) is 0 Å². The molecule has 0 aromatic rings. The van der Waals surface area contributed by atoms with Gasteiger partial charge in [-0.3, -0.25) is 19.7 Å². The molecule has 0 spiro atoms. The molecule has 0 saturated carbocycles. The number of nitrogens with one attached hydrogen (secondary N) is 1. The summed E-state index contributed by atoms with van der Waals surface area (Å²) in [7, 11) is 0. The maximum Gasteiger partial charge on any atom is 0.323 e. The lowest BCUT2D eigenvalue weighted by Crippen LogP contribution is -2.37. The van der Waals surface area contributed by atoms with Gasteiger partial charge in [0, 0.05) is 0 Å². The minimum atomic E-state index is -1.01. The van der Waals surface area contributed by atoms with Crippen molar-refractivity contribution in [1.82, 2.24) is 5.32 Å². The molecule has 1 saturated heterocycles. The normalized spacial score (nSPS) is 22.4. The Labute approximate surface area is 87.1 Å². The van der Waals surface area contributed by atoms with Gasteiger partial charge >= 0.3 is 5.97 Å². The third kappa shape index (κ3) is 3.02. The van der Waals surface area contributed by atoms with Gasteiger partial charge in [0.15, 0.2) is 6.10 Å². The van der Waals surface area contributed by atoms with E-state index in [0.717, 1.165) is 6.42 Å². The van der Waals surface area contributed by atoms with Crippen LogP contribution in [0.4, 0.5) is 0 Å². The average molecular weight is 214 g/mol. The molecule has 0 radical (unpaired) electrons. The number of carbonyl (C=O) groups is 3. The number of imide groups is 1. The maximum absolute atomic E-state index is 11.3. The van der Waals surface area contributed by atoms with Crippen LogP contribution < -0.4 is 11.1 Å². The topological polar surface area (TPSA) is 98.5 Å². The van der Waals surface area contributed by atoms with Gasteiger partial charge in [0.05, 0.1) is 6.42 Å². The molecule has 0 aliphatic carbocycles. The predicted molar refractivity (Wildman–Crippen MR) is 50.5 cm³/mol. The summed E-state index contributed by atoms with van der Waals surface area (Å²) in [6.07, 6.45) is 0.143. The number of hydrogen-bond acceptors (Lipinski definition) is 5. The highest BCUT2D eigenvalue weighted by Gasteiger charge is 2.34. The van der Waals surface area contributed by atoms with E-state index in [4.69, 9.17) is 10.5 Å². The fourth-order valence-corrected chi connectivity index (χ4v) is 1.28. The first-order valence-corrected chi connectivity index (χ1v) is 4.84. The molecule has 0 aromatic carbocycles. The monoisotopic (exact) mass is 214 g/mol. The van der Waals surface area contributed by atoms with Gasteiger partial charge in [-0.25, -0.2) is 0 Å². The second-order valence-electron chi connectivity index (χ2n) is 3.44. The van der Waals surface area contributed by atoms with Crippen molar-refractivity contribution < 1.29 is 19.1 Å². The molecule has 3 N–H and O–H groups in total. The third-order valence-electron chi connectivity index (χ3n) is 2.09. The van der Waals surface area contributed by atoms with Gasteiger partial charge in [0.25, 0.3) is 5.91 Å². The van der Waals surface area contributed by atoms with Crippen LogP contribution in [0.1, 0.15) is 26.2 Å². The summed E-state index contributed by atoms with van der Waals surface area (Å²) >= 11 is 0. The first-order valence-electron chi connectivity index (χ1n) is 4.84. The smallest absolute Gasteiger partial charge is 0.323 e. The Hall–Kier alpha value is -1.43. The lowest BCUT2D eigenvalue weighted by molar-refractivity contribution is -0.155. The molecular weight excluding hydrogens is 200 g/mol. The van der Waals surface area contributed by atoms with Crippen molar-refractivity contribution in [2.45, 2.75) is 38.3 Å². The van der Waals surface area contributed by atoms with Crippen molar-refractivity contribution in [1.29, 1.82) is 0 Å². The molecule has 6 nitrogen and oxygen atoms in total. The molecule has 1 heterocycles. The van der Waals surface area contributed by atoms with Crippen molar-refractivity contribution in [2.24, 2.45) is 5.73 Å². The Morgan fingerprint density at radius 3 is 2.80 bits per heavy atom. The fraction of sp³-hybridized carbons (Fsp3) is 0.667. The zero-order valence-electron chi connectivity index (χ0n) is 8.49. The van der Waals surface area contributed by atoms with Crippen molar-refractivity contribution in [3.63, 3.8) is 0 Å². The van der Waals surface area contributed by atoms with E-state index in [0.29, 0.717) is 6.42 Å². The van der Waals surface area contributed by atoms with E-state index in [2.05, 4.69) is 0 Å². The molecule has 1 unspecified atom stereocenters. The minimum Gasteiger partial charge on any atom is -0.451 e. The molecule has 1 fully saturated rings. The van der Waals surface area contributed by atoms with Crippen LogP contribution in [-0.4, -0.2) is 29.9 Å². The molecule has 15 heavy (non-hydrogen) atoms.